The predicted octanol–water partition coefficient (Wildman–Crippen LogP) is 4.51. The zero-order chi connectivity index (χ0) is 17.5. The zero-order valence-electron chi connectivity index (χ0n) is 13.6. The van der Waals surface area contributed by atoms with Crippen molar-refractivity contribution in [2.75, 3.05) is 12.4 Å². The number of rotatable bonds is 7. The minimum Gasteiger partial charge on any atom is -0.497 e. The first-order valence-electron chi connectivity index (χ1n) is 7.65. The number of benzene rings is 2. The van der Waals surface area contributed by atoms with Gasteiger partial charge in [-0.2, -0.15) is 0 Å². The number of anilines is 1. The van der Waals surface area contributed by atoms with Crippen LogP contribution in [0.5, 0.6) is 5.75 Å². The Morgan fingerprint density at radius 3 is 2.46 bits per heavy atom. The van der Waals surface area contributed by atoms with E-state index in [1.165, 1.54) is 0 Å². The highest BCUT2D eigenvalue weighted by atomic mass is 35.5. The number of ether oxygens (including phenoxy) is 1. The zero-order valence-corrected chi connectivity index (χ0v) is 15.1. The Kier molecular flexibility index (Phi) is 6.76. The Balaban J connectivity index is 1.95. The lowest BCUT2D eigenvalue weighted by Crippen LogP contribution is -2.38. The molecule has 0 saturated heterocycles. The SMILES string of the molecule is CCC(Nc1ccc(Cl)cc1Cl)C(=O)NCc1ccc(OC)cc1. The molecule has 6 heteroatoms. The second-order valence-electron chi connectivity index (χ2n) is 5.30. The summed E-state index contributed by atoms with van der Waals surface area (Å²) in [6, 6.07) is 12.3. The van der Waals surface area contributed by atoms with E-state index in [2.05, 4.69) is 10.6 Å². The fraction of sp³-hybridized carbons (Fsp3) is 0.278. The van der Waals surface area contributed by atoms with Gasteiger partial charge in [-0.15, -0.1) is 0 Å². The molecular weight excluding hydrogens is 347 g/mol. The lowest BCUT2D eigenvalue weighted by atomic mass is 10.1. The summed E-state index contributed by atoms with van der Waals surface area (Å²) in [6.07, 6.45) is 0.632. The molecule has 0 aliphatic heterocycles. The van der Waals surface area contributed by atoms with Crippen LogP contribution < -0.4 is 15.4 Å². The fourth-order valence-corrected chi connectivity index (χ4v) is 2.67. The van der Waals surface area contributed by atoms with Crippen molar-refractivity contribution in [1.29, 1.82) is 0 Å². The summed E-state index contributed by atoms with van der Waals surface area (Å²) >= 11 is 12.0. The highest BCUT2D eigenvalue weighted by molar-refractivity contribution is 6.36. The van der Waals surface area contributed by atoms with Crippen molar-refractivity contribution < 1.29 is 9.53 Å². The summed E-state index contributed by atoms with van der Waals surface area (Å²) in [5.74, 6) is 0.704. The second-order valence-corrected chi connectivity index (χ2v) is 6.14. The van der Waals surface area contributed by atoms with Gasteiger partial charge < -0.3 is 15.4 Å². The number of methoxy groups -OCH3 is 1. The third-order valence-electron chi connectivity index (χ3n) is 3.61. The van der Waals surface area contributed by atoms with Crippen molar-refractivity contribution in [2.45, 2.75) is 25.9 Å². The topological polar surface area (TPSA) is 50.4 Å². The third-order valence-corrected chi connectivity index (χ3v) is 4.16. The summed E-state index contributed by atoms with van der Waals surface area (Å²) in [5, 5.41) is 7.13. The molecule has 0 bridgehead atoms. The minimum absolute atomic E-state index is 0.0839. The van der Waals surface area contributed by atoms with E-state index >= 15 is 0 Å². The highest BCUT2D eigenvalue weighted by Gasteiger charge is 2.17. The Morgan fingerprint density at radius 1 is 1.17 bits per heavy atom. The van der Waals surface area contributed by atoms with Crippen molar-refractivity contribution in [1.82, 2.24) is 5.32 Å². The van der Waals surface area contributed by atoms with Crippen LogP contribution in [0.1, 0.15) is 18.9 Å². The maximum atomic E-state index is 12.4. The van der Waals surface area contributed by atoms with Gasteiger partial charge in [-0.1, -0.05) is 42.3 Å². The lowest BCUT2D eigenvalue weighted by Gasteiger charge is -2.19. The summed E-state index contributed by atoms with van der Waals surface area (Å²) < 4.78 is 5.12. The van der Waals surface area contributed by atoms with E-state index in [0.29, 0.717) is 28.7 Å². The molecule has 24 heavy (non-hydrogen) atoms. The average Bonchev–Trinajstić information content (AvgIpc) is 2.59. The first kappa shape index (κ1) is 18.4. The molecule has 0 fully saturated rings. The van der Waals surface area contributed by atoms with Crippen molar-refractivity contribution >= 4 is 34.8 Å². The molecule has 1 amide bonds. The summed E-state index contributed by atoms with van der Waals surface area (Å²) in [4.78, 5) is 12.4. The largest absolute Gasteiger partial charge is 0.497 e. The van der Waals surface area contributed by atoms with Crippen molar-refractivity contribution in [2.24, 2.45) is 0 Å². The van der Waals surface area contributed by atoms with Gasteiger partial charge in [-0.3, -0.25) is 4.79 Å². The minimum atomic E-state index is -0.373. The lowest BCUT2D eigenvalue weighted by molar-refractivity contribution is -0.122. The molecule has 0 heterocycles. The molecule has 2 N–H and O–H groups in total. The van der Waals surface area contributed by atoms with Gasteiger partial charge in [0.15, 0.2) is 0 Å². The van der Waals surface area contributed by atoms with Gasteiger partial charge in [0.05, 0.1) is 17.8 Å². The van der Waals surface area contributed by atoms with E-state index < -0.39 is 0 Å². The molecule has 0 aliphatic carbocycles. The highest BCUT2D eigenvalue weighted by Crippen LogP contribution is 2.26. The van der Waals surface area contributed by atoms with Gasteiger partial charge in [-0.05, 0) is 42.3 Å². The molecular formula is C18H20Cl2N2O2. The van der Waals surface area contributed by atoms with Crippen molar-refractivity contribution in [3.8, 4) is 5.75 Å². The van der Waals surface area contributed by atoms with Crippen LogP contribution in [0.15, 0.2) is 42.5 Å². The molecule has 0 saturated carbocycles. The molecule has 2 rings (SSSR count). The van der Waals surface area contributed by atoms with Crippen LogP contribution in [0.4, 0.5) is 5.69 Å². The Bertz CT molecular complexity index is 690. The van der Waals surface area contributed by atoms with Gasteiger partial charge in [0.1, 0.15) is 11.8 Å². The molecule has 128 valence electrons. The summed E-state index contributed by atoms with van der Waals surface area (Å²) in [5.41, 5.74) is 1.69. The van der Waals surface area contributed by atoms with Gasteiger partial charge in [0.25, 0.3) is 0 Å². The standard InChI is InChI=1S/C18H20Cl2N2O2/c1-3-16(22-17-9-6-13(19)10-15(17)20)18(23)21-11-12-4-7-14(24-2)8-5-12/h4-10,16,22H,3,11H2,1-2H3,(H,21,23). The van der Waals surface area contributed by atoms with Crippen LogP contribution in [0.25, 0.3) is 0 Å². The Labute approximate surface area is 152 Å². The molecule has 4 nitrogen and oxygen atoms in total. The average molecular weight is 367 g/mol. The summed E-state index contributed by atoms with van der Waals surface area (Å²) in [7, 11) is 1.62. The number of nitrogens with one attached hydrogen (secondary N) is 2. The van der Waals surface area contributed by atoms with Crippen molar-refractivity contribution in [3.05, 3.63) is 58.1 Å². The van der Waals surface area contributed by atoms with E-state index in [4.69, 9.17) is 27.9 Å². The van der Waals surface area contributed by atoms with Crippen LogP contribution in [0, 0.1) is 0 Å². The van der Waals surface area contributed by atoms with E-state index in [9.17, 15) is 4.79 Å². The molecule has 1 atom stereocenters. The van der Waals surface area contributed by atoms with E-state index in [1.807, 2.05) is 31.2 Å². The number of halogens is 2. The van der Waals surface area contributed by atoms with E-state index in [-0.39, 0.29) is 11.9 Å². The van der Waals surface area contributed by atoms with Crippen LogP contribution in [0.2, 0.25) is 10.0 Å². The third kappa shape index (κ3) is 5.05. The molecule has 0 radical (unpaired) electrons. The monoisotopic (exact) mass is 366 g/mol. The molecule has 0 aliphatic rings. The van der Waals surface area contributed by atoms with Crippen molar-refractivity contribution in [3.63, 3.8) is 0 Å². The fourth-order valence-electron chi connectivity index (χ4n) is 2.20. The quantitative estimate of drug-likeness (QED) is 0.757. The van der Waals surface area contributed by atoms with Crippen LogP contribution in [-0.2, 0) is 11.3 Å². The van der Waals surface area contributed by atoms with Gasteiger partial charge in [-0.25, -0.2) is 0 Å². The molecule has 2 aromatic rings. The first-order chi connectivity index (χ1) is 11.5. The number of hydrogen-bond donors (Lipinski definition) is 2. The van der Waals surface area contributed by atoms with E-state index in [1.54, 1.807) is 25.3 Å². The van der Waals surface area contributed by atoms with Gasteiger partial charge >= 0.3 is 0 Å². The van der Waals surface area contributed by atoms with Gasteiger partial charge in [0.2, 0.25) is 5.91 Å². The Morgan fingerprint density at radius 2 is 1.88 bits per heavy atom. The predicted molar refractivity (Wildman–Crippen MR) is 99.0 cm³/mol. The molecule has 0 spiro atoms. The number of hydrogen-bond acceptors (Lipinski definition) is 3. The maximum absolute atomic E-state index is 12.4. The Hall–Kier alpha value is -1.91. The molecule has 2 aromatic carbocycles. The van der Waals surface area contributed by atoms with Crippen LogP contribution in [-0.4, -0.2) is 19.1 Å². The second kappa shape index (κ2) is 8.81. The number of carbonyl (C=O) groups is 1. The first-order valence-corrected chi connectivity index (χ1v) is 8.41. The van der Waals surface area contributed by atoms with Gasteiger partial charge in [0, 0.05) is 11.6 Å². The number of amides is 1. The number of carbonyl (C=O) groups excluding carboxylic acids is 1. The summed E-state index contributed by atoms with van der Waals surface area (Å²) in [6.45, 7) is 2.39. The van der Waals surface area contributed by atoms with Crippen LogP contribution in [0.3, 0.4) is 0 Å². The smallest absolute Gasteiger partial charge is 0.242 e. The molecule has 1 unspecified atom stereocenters. The van der Waals surface area contributed by atoms with E-state index in [0.717, 1.165) is 11.3 Å². The van der Waals surface area contributed by atoms with Crippen LogP contribution >= 0.6 is 23.2 Å². The normalized spacial score (nSPS) is 11.7. The maximum Gasteiger partial charge on any atom is 0.242 e. The molecule has 0 aromatic heterocycles.